The lowest BCUT2D eigenvalue weighted by molar-refractivity contribution is -0.128. The second kappa shape index (κ2) is 8.13. The molecule has 0 radical (unpaired) electrons. The summed E-state index contributed by atoms with van der Waals surface area (Å²) in [7, 11) is 0. The highest BCUT2D eigenvalue weighted by Crippen LogP contribution is 2.29. The number of hydrogen-bond acceptors (Lipinski definition) is 4. The van der Waals surface area contributed by atoms with Gasteiger partial charge in [-0.25, -0.2) is 0 Å². The first-order valence-electron chi connectivity index (χ1n) is 9.34. The van der Waals surface area contributed by atoms with Gasteiger partial charge in [0.15, 0.2) is 5.60 Å². The van der Waals surface area contributed by atoms with Crippen LogP contribution in [-0.2, 0) is 4.79 Å². The Bertz CT molecular complexity index is 831. The van der Waals surface area contributed by atoms with Crippen LogP contribution in [-0.4, -0.2) is 24.6 Å². The first kappa shape index (κ1) is 18.8. The van der Waals surface area contributed by atoms with Gasteiger partial charge in [0.05, 0.1) is 23.0 Å². The molecule has 1 amide bonds. The normalized spacial score (nSPS) is 14.3. The molecule has 1 N–H and O–H groups in total. The highest BCUT2D eigenvalue weighted by Gasteiger charge is 2.31. The molecule has 2 aromatic rings. The van der Waals surface area contributed by atoms with Crippen LogP contribution in [0.25, 0.3) is 0 Å². The van der Waals surface area contributed by atoms with Crippen molar-refractivity contribution in [3.8, 4) is 11.8 Å². The standard InChI is InChI=1S/C22H25N3O2/c1-22(2,27-18-12-10-17(16-23)11-13-18)21(26)24-19-8-4-5-9-20(19)25-14-6-3-7-15-25/h4-5,8-13H,3,6-7,14-15H2,1-2H3,(H,24,26). The van der Waals surface area contributed by atoms with Crippen molar-refractivity contribution >= 4 is 17.3 Å². The van der Waals surface area contributed by atoms with Crippen molar-refractivity contribution in [2.75, 3.05) is 23.3 Å². The van der Waals surface area contributed by atoms with Gasteiger partial charge in [-0.2, -0.15) is 5.26 Å². The fraction of sp³-hybridized carbons (Fsp3) is 0.364. The largest absolute Gasteiger partial charge is 0.478 e. The van der Waals surface area contributed by atoms with Crippen LogP contribution in [0.5, 0.6) is 5.75 Å². The molecule has 0 unspecified atom stereocenters. The summed E-state index contributed by atoms with van der Waals surface area (Å²) in [4.78, 5) is 15.2. The minimum atomic E-state index is -1.05. The van der Waals surface area contributed by atoms with Crippen LogP contribution in [0.1, 0.15) is 38.7 Å². The Morgan fingerprint density at radius 2 is 1.74 bits per heavy atom. The highest BCUT2D eigenvalue weighted by atomic mass is 16.5. The monoisotopic (exact) mass is 363 g/mol. The topological polar surface area (TPSA) is 65.4 Å². The molecule has 0 aromatic heterocycles. The number of rotatable bonds is 5. The minimum Gasteiger partial charge on any atom is -0.478 e. The molecule has 0 bridgehead atoms. The summed E-state index contributed by atoms with van der Waals surface area (Å²) in [5.74, 6) is 0.342. The maximum Gasteiger partial charge on any atom is 0.268 e. The Labute approximate surface area is 160 Å². The minimum absolute atomic E-state index is 0.212. The van der Waals surface area contributed by atoms with Crippen LogP contribution in [0.4, 0.5) is 11.4 Å². The number of nitriles is 1. The summed E-state index contributed by atoms with van der Waals surface area (Å²) < 4.78 is 5.89. The van der Waals surface area contributed by atoms with E-state index in [4.69, 9.17) is 10.00 Å². The number of nitrogens with one attached hydrogen (secondary N) is 1. The van der Waals surface area contributed by atoms with Gasteiger partial charge in [-0.15, -0.1) is 0 Å². The maximum atomic E-state index is 12.9. The maximum absolute atomic E-state index is 12.9. The van der Waals surface area contributed by atoms with Gasteiger partial charge in [-0.1, -0.05) is 12.1 Å². The lowest BCUT2D eigenvalue weighted by atomic mass is 10.1. The lowest BCUT2D eigenvalue weighted by Crippen LogP contribution is -2.43. The van der Waals surface area contributed by atoms with Crippen LogP contribution in [0.15, 0.2) is 48.5 Å². The number of carbonyl (C=O) groups excluding carboxylic acids is 1. The van der Waals surface area contributed by atoms with E-state index in [1.165, 1.54) is 19.3 Å². The quantitative estimate of drug-likeness (QED) is 0.858. The van der Waals surface area contributed by atoms with Gasteiger partial charge in [0.2, 0.25) is 0 Å². The van der Waals surface area contributed by atoms with E-state index >= 15 is 0 Å². The predicted molar refractivity (Wildman–Crippen MR) is 107 cm³/mol. The average Bonchev–Trinajstić information content (AvgIpc) is 2.69. The molecular weight excluding hydrogens is 338 g/mol. The van der Waals surface area contributed by atoms with Crippen molar-refractivity contribution in [2.45, 2.75) is 38.7 Å². The van der Waals surface area contributed by atoms with Crippen LogP contribution in [0.2, 0.25) is 0 Å². The first-order chi connectivity index (χ1) is 13.0. The van der Waals surface area contributed by atoms with Gasteiger partial charge in [0.25, 0.3) is 5.91 Å². The molecule has 27 heavy (non-hydrogen) atoms. The molecule has 1 aliphatic heterocycles. The van der Waals surface area contributed by atoms with Crippen LogP contribution >= 0.6 is 0 Å². The van der Waals surface area contributed by atoms with E-state index in [1.54, 1.807) is 38.1 Å². The van der Waals surface area contributed by atoms with Crippen molar-refractivity contribution in [3.05, 3.63) is 54.1 Å². The number of anilines is 2. The molecule has 5 heteroatoms. The molecule has 0 spiro atoms. The summed E-state index contributed by atoms with van der Waals surface area (Å²) in [6, 6.07) is 16.7. The Balaban J connectivity index is 1.73. The van der Waals surface area contributed by atoms with Gasteiger partial charge in [0.1, 0.15) is 5.75 Å². The zero-order valence-corrected chi connectivity index (χ0v) is 15.9. The van der Waals surface area contributed by atoms with Crippen molar-refractivity contribution < 1.29 is 9.53 Å². The van der Waals surface area contributed by atoms with Crippen molar-refractivity contribution in [3.63, 3.8) is 0 Å². The van der Waals surface area contributed by atoms with Crippen molar-refractivity contribution in [2.24, 2.45) is 0 Å². The number of benzene rings is 2. The zero-order chi connectivity index (χ0) is 19.3. The summed E-state index contributed by atoms with van der Waals surface area (Å²) in [5.41, 5.74) is 1.36. The van der Waals surface area contributed by atoms with Gasteiger partial charge in [-0.05, 0) is 69.5 Å². The van der Waals surface area contributed by atoms with Crippen molar-refractivity contribution in [1.82, 2.24) is 0 Å². The SMILES string of the molecule is CC(C)(Oc1ccc(C#N)cc1)C(=O)Nc1ccccc1N1CCCCC1. The Morgan fingerprint density at radius 3 is 2.41 bits per heavy atom. The third-order valence-corrected chi connectivity index (χ3v) is 4.75. The first-order valence-corrected chi connectivity index (χ1v) is 9.34. The average molecular weight is 363 g/mol. The summed E-state index contributed by atoms with van der Waals surface area (Å²) in [6.07, 6.45) is 3.61. The lowest BCUT2D eigenvalue weighted by Gasteiger charge is -2.31. The van der Waals surface area contributed by atoms with Gasteiger partial charge in [0, 0.05) is 13.1 Å². The number of hydrogen-bond donors (Lipinski definition) is 1. The molecule has 140 valence electrons. The number of amides is 1. The van der Waals surface area contributed by atoms with E-state index in [2.05, 4.69) is 22.4 Å². The number of ether oxygens (including phenoxy) is 1. The van der Waals surface area contributed by atoms with E-state index in [0.717, 1.165) is 24.5 Å². The molecule has 5 nitrogen and oxygen atoms in total. The Kier molecular flexibility index (Phi) is 5.66. The van der Waals surface area contributed by atoms with E-state index in [1.807, 2.05) is 18.2 Å². The Hall–Kier alpha value is -3.00. The third-order valence-electron chi connectivity index (χ3n) is 4.75. The van der Waals surface area contributed by atoms with E-state index in [-0.39, 0.29) is 5.91 Å². The number of piperidine rings is 1. The van der Waals surface area contributed by atoms with Gasteiger partial charge < -0.3 is 15.0 Å². The van der Waals surface area contributed by atoms with E-state index in [9.17, 15) is 4.79 Å². The van der Waals surface area contributed by atoms with Crippen LogP contribution in [0.3, 0.4) is 0 Å². The summed E-state index contributed by atoms with van der Waals surface area (Å²) in [5, 5.41) is 11.9. The molecular formula is C22H25N3O2. The molecule has 3 rings (SSSR count). The van der Waals surface area contributed by atoms with Gasteiger partial charge in [-0.3, -0.25) is 4.79 Å². The van der Waals surface area contributed by atoms with Crippen LogP contribution in [0, 0.1) is 11.3 Å². The number of para-hydroxylation sites is 2. The Morgan fingerprint density at radius 1 is 1.07 bits per heavy atom. The molecule has 2 aromatic carbocycles. The summed E-state index contributed by atoms with van der Waals surface area (Å²) in [6.45, 7) is 5.50. The molecule has 1 saturated heterocycles. The zero-order valence-electron chi connectivity index (χ0n) is 15.9. The molecule has 0 atom stereocenters. The molecule has 1 heterocycles. The van der Waals surface area contributed by atoms with E-state index < -0.39 is 5.60 Å². The second-order valence-electron chi connectivity index (χ2n) is 7.27. The molecule has 1 fully saturated rings. The fourth-order valence-electron chi connectivity index (χ4n) is 3.20. The molecule has 0 saturated carbocycles. The fourth-order valence-corrected chi connectivity index (χ4v) is 3.20. The smallest absolute Gasteiger partial charge is 0.268 e. The molecule has 0 aliphatic carbocycles. The van der Waals surface area contributed by atoms with E-state index in [0.29, 0.717) is 11.3 Å². The number of carbonyl (C=O) groups is 1. The van der Waals surface area contributed by atoms with Crippen LogP contribution < -0.4 is 15.0 Å². The number of nitrogens with zero attached hydrogens (tertiary/aromatic N) is 2. The highest BCUT2D eigenvalue weighted by molar-refractivity contribution is 5.99. The molecule has 1 aliphatic rings. The summed E-state index contributed by atoms with van der Waals surface area (Å²) >= 11 is 0. The third kappa shape index (κ3) is 4.59. The van der Waals surface area contributed by atoms with Crippen molar-refractivity contribution in [1.29, 1.82) is 5.26 Å². The predicted octanol–water partition coefficient (Wildman–Crippen LogP) is 4.34. The van der Waals surface area contributed by atoms with Gasteiger partial charge >= 0.3 is 0 Å². The second-order valence-corrected chi connectivity index (χ2v) is 7.27.